The molecular weight excluding hydrogens is 458 g/mol. The normalized spacial score (nSPS) is 17.1. The van der Waals surface area contributed by atoms with Crippen molar-refractivity contribution in [1.82, 2.24) is 9.80 Å². The molecule has 0 saturated carbocycles. The third kappa shape index (κ3) is 6.61. The van der Waals surface area contributed by atoms with Crippen molar-refractivity contribution in [3.63, 3.8) is 0 Å². The number of hydrogen-bond acceptors (Lipinski definition) is 5. The number of rotatable bonds is 6. The second-order valence-corrected chi connectivity index (χ2v) is 8.69. The zero-order valence-corrected chi connectivity index (χ0v) is 19.3. The van der Waals surface area contributed by atoms with Crippen LogP contribution in [-0.2, 0) is 14.3 Å². The molecule has 186 valence electrons. The molecular formula is C25H28F2N4O4. The molecule has 0 radical (unpaired) electrons. The summed E-state index contributed by atoms with van der Waals surface area (Å²) in [7, 11) is 0. The van der Waals surface area contributed by atoms with Crippen molar-refractivity contribution in [1.29, 1.82) is 0 Å². The summed E-state index contributed by atoms with van der Waals surface area (Å²) in [6.45, 7) is 3.64. The lowest BCUT2D eigenvalue weighted by Crippen LogP contribution is -2.41. The summed E-state index contributed by atoms with van der Waals surface area (Å²) < 4.78 is 32.3. The molecule has 2 aliphatic rings. The molecule has 2 aliphatic heterocycles. The number of piperidine rings is 1. The number of ether oxygens (including phenoxy) is 1. The molecule has 0 atom stereocenters. The van der Waals surface area contributed by atoms with Crippen LogP contribution in [0.5, 0.6) is 0 Å². The van der Waals surface area contributed by atoms with Crippen molar-refractivity contribution >= 4 is 29.1 Å². The highest BCUT2D eigenvalue weighted by Crippen LogP contribution is 2.23. The summed E-state index contributed by atoms with van der Waals surface area (Å²) in [4.78, 5) is 41.0. The molecule has 0 bridgehead atoms. The molecule has 2 fully saturated rings. The average molecular weight is 487 g/mol. The monoisotopic (exact) mass is 486 g/mol. The third-order valence-electron chi connectivity index (χ3n) is 6.22. The van der Waals surface area contributed by atoms with Crippen LogP contribution in [0.4, 0.5) is 20.2 Å². The number of nitrogens with zero attached hydrogens (tertiary/aromatic N) is 2. The van der Waals surface area contributed by atoms with Crippen LogP contribution in [0.1, 0.15) is 23.2 Å². The van der Waals surface area contributed by atoms with Crippen molar-refractivity contribution < 1.29 is 27.9 Å². The Morgan fingerprint density at radius 3 is 2.14 bits per heavy atom. The van der Waals surface area contributed by atoms with E-state index in [1.807, 2.05) is 4.90 Å². The van der Waals surface area contributed by atoms with E-state index in [-0.39, 0.29) is 23.3 Å². The third-order valence-corrected chi connectivity index (χ3v) is 6.22. The van der Waals surface area contributed by atoms with Crippen molar-refractivity contribution in [3.05, 3.63) is 59.7 Å². The van der Waals surface area contributed by atoms with Gasteiger partial charge in [0.15, 0.2) is 0 Å². The summed E-state index contributed by atoms with van der Waals surface area (Å²) >= 11 is 0. The van der Waals surface area contributed by atoms with E-state index < -0.39 is 17.5 Å². The van der Waals surface area contributed by atoms with E-state index >= 15 is 0 Å². The van der Waals surface area contributed by atoms with Gasteiger partial charge in [0, 0.05) is 49.5 Å². The fraction of sp³-hybridized carbons (Fsp3) is 0.400. The second kappa shape index (κ2) is 11.4. The standard InChI is InChI=1S/C25H28F2N4O4/c26-18-1-6-21(22(27)15-18)25(34)31-9-7-17(8-10-31)24(33)29-20-4-2-19(3-5-20)28-23(32)16-30-11-13-35-14-12-30/h1-6,15,17H,7-14,16H2,(H,28,32)(H,29,33). The Balaban J connectivity index is 1.23. The van der Waals surface area contributed by atoms with Crippen LogP contribution < -0.4 is 10.6 Å². The molecule has 2 aromatic rings. The lowest BCUT2D eigenvalue weighted by molar-refractivity contribution is -0.121. The van der Waals surface area contributed by atoms with Crippen molar-refractivity contribution in [2.24, 2.45) is 5.92 Å². The highest BCUT2D eigenvalue weighted by Gasteiger charge is 2.29. The maximum Gasteiger partial charge on any atom is 0.256 e. The molecule has 2 heterocycles. The first-order valence-electron chi connectivity index (χ1n) is 11.6. The predicted octanol–water partition coefficient (Wildman–Crippen LogP) is 2.73. The fourth-order valence-electron chi connectivity index (χ4n) is 4.22. The van der Waals surface area contributed by atoms with Gasteiger partial charge < -0.3 is 20.3 Å². The van der Waals surface area contributed by atoms with Gasteiger partial charge >= 0.3 is 0 Å². The maximum atomic E-state index is 13.9. The molecule has 3 amide bonds. The SMILES string of the molecule is O=C(CN1CCOCC1)Nc1ccc(NC(=O)C2CCN(C(=O)c3ccc(F)cc3F)CC2)cc1. The van der Waals surface area contributed by atoms with E-state index in [4.69, 9.17) is 4.74 Å². The van der Waals surface area contributed by atoms with E-state index in [2.05, 4.69) is 10.6 Å². The highest BCUT2D eigenvalue weighted by atomic mass is 19.1. The minimum absolute atomic E-state index is 0.106. The highest BCUT2D eigenvalue weighted by molar-refractivity contribution is 5.96. The summed E-state index contributed by atoms with van der Waals surface area (Å²) in [5.41, 5.74) is 1.07. The van der Waals surface area contributed by atoms with Crippen molar-refractivity contribution in [2.75, 3.05) is 56.6 Å². The molecule has 4 rings (SSSR count). The number of amides is 3. The first kappa shape index (κ1) is 24.7. The van der Waals surface area contributed by atoms with Gasteiger partial charge in [0.2, 0.25) is 11.8 Å². The van der Waals surface area contributed by atoms with E-state index in [1.54, 1.807) is 24.3 Å². The van der Waals surface area contributed by atoms with E-state index in [1.165, 1.54) is 4.90 Å². The van der Waals surface area contributed by atoms with Gasteiger partial charge in [-0.2, -0.15) is 0 Å². The van der Waals surface area contributed by atoms with E-state index in [0.29, 0.717) is 63.1 Å². The molecule has 2 aromatic carbocycles. The fourth-order valence-corrected chi connectivity index (χ4v) is 4.22. The van der Waals surface area contributed by atoms with Crippen LogP contribution in [0, 0.1) is 17.6 Å². The summed E-state index contributed by atoms with van der Waals surface area (Å²) in [5.74, 6) is -2.69. The molecule has 35 heavy (non-hydrogen) atoms. The average Bonchev–Trinajstić information content (AvgIpc) is 2.85. The summed E-state index contributed by atoms with van der Waals surface area (Å²) in [5, 5.41) is 5.72. The Morgan fingerprint density at radius 1 is 0.886 bits per heavy atom. The predicted molar refractivity (Wildman–Crippen MR) is 126 cm³/mol. The van der Waals surface area contributed by atoms with Crippen molar-refractivity contribution in [2.45, 2.75) is 12.8 Å². The summed E-state index contributed by atoms with van der Waals surface area (Å²) in [6, 6.07) is 9.78. The second-order valence-electron chi connectivity index (χ2n) is 8.69. The van der Waals surface area contributed by atoms with Gasteiger partial charge in [-0.3, -0.25) is 19.3 Å². The number of halogens is 2. The zero-order valence-electron chi connectivity index (χ0n) is 19.3. The Labute approximate surface area is 202 Å². The van der Waals surface area contributed by atoms with Gasteiger partial charge in [-0.1, -0.05) is 0 Å². The maximum absolute atomic E-state index is 13.9. The van der Waals surface area contributed by atoms with Gasteiger partial charge in [-0.25, -0.2) is 8.78 Å². The number of morpholine rings is 1. The summed E-state index contributed by atoms with van der Waals surface area (Å²) in [6.07, 6.45) is 0.881. The number of hydrogen-bond donors (Lipinski definition) is 2. The molecule has 8 nitrogen and oxygen atoms in total. The number of nitrogens with one attached hydrogen (secondary N) is 2. The Bertz CT molecular complexity index is 1070. The van der Waals surface area contributed by atoms with Crippen LogP contribution in [0.2, 0.25) is 0 Å². The molecule has 0 unspecified atom stereocenters. The van der Waals surface area contributed by atoms with Gasteiger partial charge in [0.05, 0.1) is 25.3 Å². The lowest BCUT2D eigenvalue weighted by atomic mass is 9.95. The zero-order chi connectivity index (χ0) is 24.8. The van der Waals surface area contributed by atoms with Crippen LogP contribution >= 0.6 is 0 Å². The molecule has 0 spiro atoms. The number of benzene rings is 2. The quantitative estimate of drug-likeness (QED) is 0.655. The number of anilines is 2. The first-order chi connectivity index (χ1) is 16.9. The molecule has 2 N–H and O–H groups in total. The largest absolute Gasteiger partial charge is 0.379 e. The molecule has 10 heteroatoms. The van der Waals surface area contributed by atoms with Gasteiger partial charge in [0.1, 0.15) is 11.6 Å². The lowest BCUT2D eigenvalue weighted by Gasteiger charge is -2.31. The van der Waals surface area contributed by atoms with Crippen molar-refractivity contribution in [3.8, 4) is 0 Å². The van der Waals surface area contributed by atoms with Gasteiger partial charge in [-0.15, -0.1) is 0 Å². The molecule has 2 saturated heterocycles. The topological polar surface area (TPSA) is 91.0 Å². The minimum atomic E-state index is -0.893. The van der Waals surface area contributed by atoms with Crippen LogP contribution in [0.3, 0.4) is 0 Å². The van der Waals surface area contributed by atoms with E-state index in [0.717, 1.165) is 25.2 Å². The van der Waals surface area contributed by atoms with Gasteiger partial charge in [0.25, 0.3) is 5.91 Å². The smallest absolute Gasteiger partial charge is 0.256 e. The Kier molecular flexibility index (Phi) is 8.04. The number of carbonyl (C=O) groups is 3. The van der Waals surface area contributed by atoms with Crippen LogP contribution in [-0.4, -0.2) is 73.5 Å². The molecule has 0 aromatic heterocycles. The van der Waals surface area contributed by atoms with Crippen LogP contribution in [0.25, 0.3) is 0 Å². The van der Waals surface area contributed by atoms with Crippen LogP contribution in [0.15, 0.2) is 42.5 Å². The van der Waals surface area contributed by atoms with Gasteiger partial charge in [-0.05, 0) is 49.2 Å². The minimum Gasteiger partial charge on any atom is -0.379 e. The van der Waals surface area contributed by atoms with E-state index in [9.17, 15) is 23.2 Å². The first-order valence-corrected chi connectivity index (χ1v) is 11.6. The molecule has 0 aliphatic carbocycles. The number of likely N-dealkylation sites (tertiary alicyclic amines) is 1. The number of carbonyl (C=O) groups excluding carboxylic acids is 3. The Hall–Kier alpha value is -3.37. The Morgan fingerprint density at radius 2 is 1.51 bits per heavy atom.